The molecule has 0 N–H and O–H groups in total. The van der Waals surface area contributed by atoms with E-state index < -0.39 is 0 Å². The SMILES string of the molecule is CC(C)(C)c1ccc(-c2ccccc2)c(-c2ccccc2)c1F. The molecule has 3 aromatic carbocycles. The first-order chi connectivity index (χ1) is 11.0. The molecule has 0 aliphatic heterocycles. The Balaban J connectivity index is 2.32. The van der Waals surface area contributed by atoms with Gasteiger partial charge in [0.1, 0.15) is 5.82 Å². The minimum absolute atomic E-state index is 0.120. The zero-order chi connectivity index (χ0) is 16.4. The van der Waals surface area contributed by atoms with Crippen molar-refractivity contribution in [3.8, 4) is 22.3 Å². The van der Waals surface area contributed by atoms with Gasteiger partial charge in [0, 0.05) is 5.56 Å². The van der Waals surface area contributed by atoms with E-state index in [1.54, 1.807) is 0 Å². The number of halogens is 1. The molecule has 0 spiro atoms. The van der Waals surface area contributed by atoms with Crippen LogP contribution in [0.25, 0.3) is 22.3 Å². The summed E-state index contributed by atoms with van der Waals surface area (Å²) in [4.78, 5) is 0. The van der Waals surface area contributed by atoms with Gasteiger partial charge in [-0.2, -0.15) is 0 Å². The van der Waals surface area contributed by atoms with Gasteiger partial charge < -0.3 is 0 Å². The summed E-state index contributed by atoms with van der Waals surface area (Å²) in [6.45, 7) is 6.13. The smallest absolute Gasteiger partial charge is 0.135 e. The first-order valence-corrected chi connectivity index (χ1v) is 7.92. The van der Waals surface area contributed by atoms with Crippen LogP contribution in [0.5, 0.6) is 0 Å². The van der Waals surface area contributed by atoms with E-state index in [1.165, 1.54) is 0 Å². The van der Waals surface area contributed by atoms with Crippen LogP contribution < -0.4 is 0 Å². The molecule has 0 unspecified atom stereocenters. The average Bonchev–Trinajstić information content (AvgIpc) is 2.55. The molecule has 1 heteroatoms. The highest BCUT2D eigenvalue weighted by molar-refractivity contribution is 5.84. The molecule has 0 bridgehead atoms. The molecule has 23 heavy (non-hydrogen) atoms. The maximum atomic E-state index is 15.4. The fraction of sp³-hybridized carbons (Fsp3) is 0.182. The highest BCUT2D eigenvalue weighted by Crippen LogP contribution is 2.38. The van der Waals surface area contributed by atoms with E-state index in [4.69, 9.17) is 0 Å². The Morgan fingerprint density at radius 3 is 1.70 bits per heavy atom. The van der Waals surface area contributed by atoms with Crippen LogP contribution in [0.2, 0.25) is 0 Å². The fourth-order valence-corrected chi connectivity index (χ4v) is 2.90. The van der Waals surface area contributed by atoms with Crippen molar-refractivity contribution < 1.29 is 4.39 Å². The maximum Gasteiger partial charge on any atom is 0.135 e. The van der Waals surface area contributed by atoms with Crippen LogP contribution in [-0.2, 0) is 5.41 Å². The predicted molar refractivity (Wildman–Crippen MR) is 96.0 cm³/mol. The molecule has 0 aliphatic rings. The summed E-state index contributed by atoms with van der Waals surface area (Å²) in [6, 6.07) is 23.8. The number of hydrogen-bond donors (Lipinski definition) is 0. The standard InChI is InChI=1S/C22H21F/c1-22(2,3)19-15-14-18(16-10-6-4-7-11-16)20(21(19)23)17-12-8-5-9-13-17/h4-15H,1-3H3. The topological polar surface area (TPSA) is 0 Å². The van der Waals surface area contributed by atoms with Crippen molar-refractivity contribution in [2.45, 2.75) is 26.2 Å². The molecule has 3 aromatic rings. The monoisotopic (exact) mass is 304 g/mol. The van der Waals surface area contributed by atoms with Crippen LogP contribution in [0.3, 0.4) is 0 Å². The number of hydrogen-bond acceptors (Lipinski definition) is 0. The molecular formula is C22H21F. The quantitative estimate of drug-likeness (QED) is 0.510. The third-order valence-corrected chi connectivity index (χ3v) is 4.10. The summed E-state index contributed by atoms with van der Waals surface area (Å²) >= 11 is 0. The van der Waals surface area contributed by atoms with E-state index in [9.17, 15) is 0 Å². The van der Waals surface area contributed by atoms with Crippen LogP contribution >= 0.6 is 0 Å². The molecule has 0 atom stereocenters. The molecule has 0 aliphatic carbocycles. The summed E-state index contributed by atoms with van der Waals surface area (Å²) in [5.74, 6) is -0.120. The van der Waals surface area contributed by atoms with Crippen molar-refractivity contribution in [3.63, 3.8) is 0 Å². The second-order valence-corrected chi connectivity index (χ2v) is 6.83. The molecular weight excluding hydrogens is 283 g/mol. The Morgan fingerprint density at radius 1 is 0.652 bits per heavy atom. The van der Waals surface area contributed by atoms with Crippen molar-refractivity contribution in [1.82, 2.24) is 0 Å². The van der Waals surface area contributed by atoms with Crippen LogP contribution in [0.1, 0.15) is 26.3 Å². The fourth-order valence-electron chi connectivity index (χ4n) is 2.90. The summed E-state index contributed by atoms with van der Waals surface area (Å²) in [5, 5.41) is 0. The first-order valence-electron chi connectivity index (χ1n) is 7.92. The van der Waals surface area contributed by atoms with Gasteiger partial charge in [0.2, 0.25) is 0 Å². The summed E-state index contributed by atoms with van der Waals surface area (Å²) in [5.41, 5.74) is 4.08. The number of rotatable bonds is 2. The second kappa shape index (κ2) is 6.00. The minimum Gasteiger partial charge on any atom is -0.206 e. The molecule has 0 amide bonds. The molecule has 0 heterocycles. The van der Waals surface area contributed by atoms with Crippen LogP contribution in [0.4, 0.5) is 4.39 Å². The second-order valence-electron chi connectivity index (χ2n) is 6.83. The third-order valence-electron chi connectivity index (χ3n) is 4.10. The van der Waals surface area contributed by atoms with Crippen molar-refractivity contribution >= 4 is 0 Å². The molecule has 0 radical (unpaired) electrons. The van der Waals surface area contributed by atoms with Crippen LogP contribution in [0.15, 0.2) is 72.8 Å². The molecule has 3 rings (SSSR count). The van der Waals surface area contributed by atoms with Crippen molar-refractivity contribution in [1.29, 1.82) is 0 Å². The van der Waals surface area contributed by atoms with E-state index in [-0.39, 0.29) is 11.2 Å². The minimum atomic E-state index is -0.233. The lowest BCUT2D eigenvalue weighted by molar-refractivity contribution is 0.525. The van der Waals surface area contributed by atoms with Crippen LogP contribution in [-0.4, -0.2) is 0 Å². The van der Waals surface area contributed by atoms with Crippen molar-refractivity contribution in [2.24, 2.45) is 0 Å². The van der Waals surface area contributed by atoms with Gasteiger partial charge in [-0.15, -0.1) is 0 Å². The van der Waals surface area contributed by atoms with Crippen molar-refractivity contribution in [3.05, 3.63) is 84.2 Å². The maximum absolute atomic E-state index is 15.4. The Labute approximate surface area is 137 Å². The lowest BCUT2D eigenvalue weighted by atomic mass is 9.82. The van der Waals surface area contributed by atoms with Crippen LogP contribution in [0, 0.1) is 5.82 Å². The van der Waals surface area contributed by atoms with E-state index in [0.717, 1.165) is 22.3 Å². The van der Waals surface area contributed by atoms with Crippen molar-refractivity contribution in [2.75, 3.05) is 0 Å². The predicted octanol–water partition coefficient (Wildman–Crippen LogP) is 6.46. The van der Waals surface area contributed by atoms with Gasteiger partial charge in [-0.3, -0.25) is 0 Å². The van der Waals surface area contributed by atoms with E-state index in [1.807, 2.05) is 93.6 Å². The van der Waals surface area contributed by atoms with Gasteiger partial charge in [-0.25, -0.2) is 4.39 Å². The average molecular weight is 304 g/mol. The highest BCUT2D eigenvalue weighted by Gasteiger charge is 2.23. The van der Waals surface area contributed by atoms with Gasteiger partial charge in [-0.1, -0.05) is 93.6 Å². The zero-order valence-corrected chi connectivity index (χ0v) is 13.8. The van der Waals surface area contributed by atoms with Gasteiger partial charge in [0.15, 0.2) is 0 Å². The molecule has 0 saturated heterocycles. The number of benzene rings is 3. The lowest BCUT2D eigenvalue weighted by Gasteiger charge is -2.23. The lowest BCUT2D eigenvalue weighted by Crippen LogP contribution is -2.14. The first kappa shape index (κ1) is 15.5. The summed E-state index contributed by atoms with van der Waals surface area (Å²) in [6.07, 6.45) is 0. The van der Waals surface area contributed by atoms with Gasteiger partial charge in [0.05, 0.1) is 0 Å². The normalized spacial score (nSPS) is 11.5. The summed E-state index contributed by atoms with van der Waals surface area (Å²) < 4.78 is 15.4. The Morgan fingerprint density at radius 2 is 1.17 bits per heavy atom. The molecule has 0 saturated carbocycles. The van der Waals surface area contributed by atoms with Gasteiger partial charge >= 0.3 is 0 Å². The van der Waals surface area contributed by atoms with E-state index in [2.05, 4.69) is 0 Å². The third kappa shape index (κ3) is 3.05. The largest absolute Gasteiger partial charge is 0.206 e. The molecule has 0 nitrogen and oxygen atoms in total. The van der Waals surface area contributed by atoms with Gasteiger partial charge in [-0.05, 0) is 27.7 Å². The van der Waals surface area contributed by atoms with E-state index >= 15 is 4.39 Å². The molecule has 116 valence electrons. The Hall–Kier alpha value is -2.41. The molecule has 0 aromatic heterocycles. The zero-order valence-electron chi connectivity index (χ0n) is 13.8. The molecule has 0 fully saturated rings. The van der Waals surface area contributed by atoms with Gasteiger partial charge in [0.25, 0.3) is 0 Å². The van der Waals surface area contributed by atoms with E-state index in [0.29, 0.717) is 5.56 Å². The summed E-state index contributed by atoms with van der Waals surface area (Å²) in [7, 11) is 0. The highest BCUT2D eigenvalue weighted by atomic mass is 19.1. The Kier molecular flexibility index (Phi) is 4.04. The Bertz CT molecular complexity index is 797.